The van der Waals surface area contributed by atoms with Crippen LogP contribution in [0.5, 0.6) is 0 Å². The molecule has 37 heavy (non-hydrogen) atoms. The van der Waals surface area contributed by atoms with E-state index in [1.165, 1.54) is 61.2 Å². The van der Waals surface area contributed by atoms with Gasteiger partial charge in [-0.1, -0.05) is 117 Å². The number of carbonyl (C=O) groups excluding carboxylic acids is 3. The molecule has 0 fully saturated rings. The number of hydrogen-bond acceptors (Lipinski definition) is 6. The number of rotatable bonds is 6. The summed E-state index contributed by atoms with van der Waals surface area (Å²) in [5.41, 5.74) is 2.14. The van der Waals surface area contributed by atoms with E-state index >= 15 is 0 Å². The van der Waals surface area contributed by atoms with E-state index in [4.69, 9.17) is 0 Å². The van der Waals surface area contributed by atoms with Gasteiger partial charge < -0.3 is 29.7 Å². The van der Waals surface area contributed by atoms with Gasteiger partial charge in [-0.05, 0) is 16.7 Å². The van der Waals surface area contributed by atoms with Gasteiger partial charge in [0.1, 0.15) is 0 Å². The molecule has 0 radical (unpaired) electrons. The summed E-state index contributed by atoms with van der Waals surface area (Å²) in [7, 11) is 0. The zero-order valence-corrected chi connectivity index (χ0v) is 23.0. The van der Waals surface area contributed by atoms with Crippen molar-refractivity contribution in [1.82, 2.24) is 0 Å². The minimum atomic E-state index is -1.13. The molecule has 0 aromatic heterocycles. The molecule has 0 saturated heterocycles. The number of benzene rings is 3. The summed E-state index contributed by atoms with van der Waals surface area (Å²) in [6.07, 6.45) is 3.87. The second-order valence-corrected chi connectivity index (χ2v) is 7.36. The Labute approximate surface area is 236 Å². The van der Waals surface area contributed by atoms with Crippen LogP contribution < -0.4 is 15.3 Å². The van der Waals surface area contributed by atoms with Gasteiger partial charge in [0.25, 0.3) is 0 Å². The summed E-state index contributed by atoms with van der Waals surface area (Å²) < 4.78 is 0. The average molecular weight is 576 g/mol. The van der Waals surface area contributed by atoms with Crippen molar-refractivity contribution in [2.24, 2.45) is 0 Å². The fourth-order valence-electron chi connectivity index (χ4n) is 2.68. The van der Waals surface area contributed by atoms with Crippen LogP contribution in [0.15, 0.2) is 115 Å². The molecule has 0 aliphatic heterocycles. The molecule has 4 aromatic carbocycles. The quantitative estimate of drug-likeness (QED) is 0.326. The number of hydrogen-bond donors (Lipinski definition) is 0. The largest absolute Gasteiger partial charge is 4.00 e. The second kappa shape index (κ2) is 20.5. The molecule has 188 valence electrons. The summed E-state index contributed by atoms with van der Waals surface area (Å²) in [5, 5.41) is 30.3. The standard InChI is InChI=1S/C9H13.3C7H6O2.Zr/c1-2-3-6-9-7-4-5-8-9;3*8-7(9)6-4-2-1-3-5-6;/h4-5,7-8H,2-3,6H2,1H3;3*1-5H,(H,8,9);/q-1;;;;+4/p-3. The van der Waals surface area contributed by atoms with E-state index in [0.29, 0.717) is 0 Å². The van der Waals surface area contributed by atoms with Crippen molar-refractivity contribution in [2.75, 3.05) is 0 Å². The molecular formula is C30H28O6Zr. The van der Waals surface area contributed by atoms with Crippen molar-refractivity contribution < 1.29 is 55.9 Å². The van der Waals surface area contributed by atoms with Crippen molar-refractivity contribution in [3.05, 3.63) is 138 Å². The van der Waals surface area contributed by atoms with E-state index < -0.39 is 17.9 Å². The molecule has 0 amide bonds. The fourth-order valence-corrected chi connectivity index (χ4v) is 2.68. The maximum Gasteiger partial charge on any atom is 4.00 e. The van der Waals surface area contributed by atoms with Crippen molar-refractivity contribution >= 4 is 17.9 Å². The van der Waals surface area contributed by atoms with Crippen LogP contribution in [0.4, 0.5) is 0 Å². The van der Waals surface area contributed by atoms with Crippen molar-refractivity contribution in [3.8, 4) is 0 Å². The maximum absolute atomic E-state index is 10.1. The number of aromatic carboxylic acids is 3. The van der Waals surface area contributed by atoms with Crippen LogP contribution in [0, 0.1) is 0 Å². The first-order chi connectivity index (χ1) is 17.3. The second-order valence-electron chi connectivity index (χ2n) is 7.36. The number of carbonyl (C=O) groups is 3. The Morgan fingerprint density at radius 2 is 0.865 bits per heavy atom. The molecule has 0 heterocycles. The van der Waals surface area contributed by atoms with Gasteiger partial charge in [0.05, 0.1) is 17.9 Å². The van der Waals surface area contributed by atoms with Crippen molar-refractivity contribution in [1.29, 1.82) is 0 Å². The summed E-state index contributed by atoms with van der Waals surface area (Å²) in [4.78, 5) is 30.3. The van der Waals surface area contributed by atoms with Gasteiger partial charge in [0, 0.05) is 0 Å². The normalized spacial score (nSPS) is 8.89. The van der Waals surface area contributed by atoms with Gasteiger partial charge in [-0.25, -0.2) is 12.1 Å². The molecular weight excluding hydrogens is 548 g/mol. The molecule has 7 heteroatoms. The summed E-state index contributed by atoms with van der Waals surface area (Å²) in [6, 6.07) is 32.8. The number of carboxylic acids is 3. The van der Waals surface area contributed by atoms with Crippen LogP contribution in [0.25, 0.3) is 0 Å². The predicted molar refractivity (Wildman–Crippen MR) is 133 cm³/mol. The van der Waals surface area contributed by atoms with Gasteiger partial charge in [0.15, 0.2) is 0 Å². The summed E-state index contributed by atoms with van der Waals surface area (Å²) >= 11 is 0. The van der Waals surface area contributed by atoms with Crippen LogP contribution in [0.3, 0.4) is 0 Å². The van der Waals surface area contributed by atoms with Gasteiger partial charge in [-0.3, -0.25) is 0 Å². The Hall–Kier alpha value is -3.70. The third-order valence-corrected chi connectivity index (χ3v) is 4.58. The van der Waals surface area contributed by atoms with E-state index in [2.05, 4.69) is 31.2 Å². The Kier molecular flexibility index (Phi) is 18.4. The molecule has 0 aliphatic carbocycles. The van der Waals surface area contributed by atoms with E-state index in [1.807, 2.05) is 0 Å². The molecule has 4 rings (SSSR count). The average Bonchev–Trinajstić information content (AvgIpc) is 3.44. The SMILES string of the molecule is CCCC[c-]1cccc1.O=C([O-])c1ccccc1.O=C([O-])c1ccccc1.O=C([O-])c1ccccc1.[Zr+4]. The molecule has 6 nitrogen and oxygen atoms in total. The molecule has 0 unspecified atom stereocenters. The topological polar surface area (TPSA) is 120 Å². The Bertz CT molecular complexity index is 1010. The van der Waals surface area contributed by atoms with Crippen LogP contribution in [-0.4, -0.2) is 17.9 Å². The first-order valence-corrected chi connectivity index (χ1v) is 11.3. The first-order valence-electron chi connectivity index (χ1n) is 11.3. The Morgan fingerprint density at radius 1 is 0.568 bits per heavy atom. The molecule has 0 bridgehead atoms. The number of carboxylic acid groups (broad SMARTS) is 3. The molecule has 0 N–H and O–H groups in total. The van der Waals surface area contributed by atoms with Crippen molar-refractivity contribution in [2.45, 2.75) is 26.2 Å². The van der Waals surface area contributed by atoms with E-state index in [1.54, 1.807) is 54.6 Å². The van der Waals surface area contributed by atoms with Gasteiger partial charge in [0.2, 0.25) is 0 Å². The number of unbranched alkanes of at least 4 members (excludes halogenated alkanes) is 1. The molecule has 0 spiro atoms. The van der Waals surface area contributed by atoms with Gasteiger partial charge in [-0.2, -0.15) is 17.7 Å². The maximum atomic E-state index is 10.1. The van der Waals surface area contributed by atoms with Crippen molar-refractivity contribution in [3.63, 3.8) is 0 Å². The van der Waals surface area contributed by atoms with Gasteiger partial charge in [-0.15, -0.1) is 0 Å². The van der Waals surface area contributed by atoms with E-state index in [9.17, 15) is 29.7 Å². The summed E-state index contributed by atoms with van der Waals surface area (Å²) in [6.45, 7) is 2.23. The molecule has 0 aliphatic rings. The molecule has 0 saturated carbocycles. The minimum Gasteiger partial charge on any atom is -0.545 e. The predicted octanol–water partition coefficient (Wildman–Crippen LogP) is 2.90. The third-order valence-electron chi connectivity index (χ3n) is 4.58. The Balaban J connectivity index is 0.000000463. The zero-order chi connectivity index (χ0) is 26.6. The smallest absolute Gasteiger partial charge is 0.545 e. The number of aryl methyl sites for hydroxylation is 1. The summed E-state index contributed by atoms with van der Waals surface area (Å²) in [5.74, 6) is -3.39. The zero-order valence-electron chi connectivity index (χ0n) is 20.5. The van der Waals surface area contributed by atoms with Crippen LogP contribution >= 0.6 is 0 Å². The van der Waals surface area contributed by atoms with Crippen LogP contribution in [-0.2, 0) is 32.6 Å². The van der Waals surface area contributed by atoms with Gasteiger partial charge >= 0.3 is 26.2 Å². The monoisotopic (exact) mass is 574 g/mol. The molecule has 0 atom stereocenters. The van der Waals surface area contributed by atoms with E-state index in [0.717, 1.165) is 0 Å². The molecule has 4 aromatic rings. The Morgan fingerprint density at radius 3 is 1.08 bits per heavy atom. The first kappa shape index (κ1) is 33.3. The third kappa shape index (κ3) is 15.8. The fraction of sp³-hybridized carbons (Fsp3) is 0.133. The van der Waals surface area contributed by atoms with Crippen LogP contribution in [0.2, 0.25) is 0 Å². The van der Waals surface area contributed by atoms with Crippen LogP contribution in [0.1, 0.15) is 56.4 Å². The minimum absolute atomic E-state index is 0. The van der Waals surface area contributed by atoms with E-state index in [-0.39, 0.29) is 42.9 Å².